The molecule has 6 heteroatoms. The Labute approximate surface area is 145 Å². The number of β-amino-alcohol motifs (C(OH)–C–C–N with tert-alkyl or cyclic N) is 1. The van der Waals surface area contributed by atoms with Gasteiger partial charge < -0.3 is 24.7 Å². The maximum absolute atomic E-state index is 12.2. The number of carbonyl (C=O) groups excluding carboxylic acids is 1. The molecule has 2 heterocycles. The third kappa shape index (κ3) is 5.90. The Hall–Kier alpha value is -0.850. The van der Waals surface area contributed by atoms with E-state index in [0.717, 1.165) is 32.4 Å². The van der Waals surface area contributed by atoms with E-state index in [-0.39, 0.29) is 12.7 Å². The summed E-state index contributed by atoms with van der Waals surface area (Å²) in [6.45, 7) is 9.65. The molecule has 2 aliphatic rings. The van der Waals surface area contributed by atoms with Crippen LogP contribution in [0, 0.1) is 5.92 Å². The number of nitrogens with zero attached hydrogens (tertiary/aromatic N) is 2. The zero-order valence-electron chi connectivity index (χ0n) is 15.5. The fourth-order valence-corrected chi connectivity index (χ4v) is 3.74. The van der Waals surface area contributed by atoms with E-state index in [1.807, 2.05) is 20.8 Å². The van der Waals surface area contributed by atoms with Gasteiger partial charge in [0.15, 0.2) is 0 Å². The second-order valence-electron chi connectivity index (χ2n) is 8.45. The van der Waals surface area contributed by atoms with Crippen molar-refractivity contribution in [3.05, 3.63) is 0 Å². The van der Waals surface area contributed by atoms with E-state index in [4.69, 9.17) is 9.84 Å². The lowest BCUT2D eigenvalue weighted by Crippen LogP contribution is -2.43. The van der Waals surface area contributed by atoms with Gasteiger partial charge in [0, 0.05) is 32.8 Å². The molecule has 140 valence electrons. The quantitative estimate of drug-likeness (QED) is 0.816. The number of hydrogen-bond donors (Lipinski definition) is 2. The van der Waals surface area contributed by atoms with E-state index in [0.29, 0.717) is 38.4 Å². The van der Waals surface area contributed by atoms with Crippen molar-refractivity contribution in [3.63, 3.8) is 0 Å². The fraction of sp³-hybridized carbons (Fsp3) is 0.944. The zero-order valence-corrected chi connectivity index (χ0v) is 15.5. The molecule has 2 atom stereocenters. The second kappa shape index (κ2) is 8.02. The standard InChI is InChI=1S/C18H34N2O4/c1-17(2,3)24-16(22)20-9-4-7-18(23,8-11-20)14-19-10-5-15(13-19)6-12-21/h15,21,23H,4-14H2,1-3H3/t15-,18+/m0/s1. The predicted molar refractivity (Wildman–Crippen MR) is 92.9 cm³/mol. The third-order valence-corrected chi connectivity index (χ3v) is 4.99. The number of carbonyl (C=O) groups is 1. The maximum atomic E-state index is 12.2. The highest BCUT2D eigenvalue weighted by atomic mass is 16.6. The number of likely N-dealkylation sites (tertiary alicyclic amines) is 2. The molecule has 0 aromatic carbocycles. The SMILES string of the molecule is CC(C)(C)OC(=O)N1CCC[C@](O)(CN2CC[C@@H](CCO)C2)CC1. The van der Waals surface area contributed by atoms with Gasteiger partial charge in [-0.05, 0) is 65.3 Å². The monoisotopic (exact) mass is 342 g/mol. The van der Waals surface area contributed by atoms with Crippen LogP contribution in [0.4, 0.5) is 4.79 Å². The van der Waals surface area contributed by atoms with Crippen molar-refractivity contribution in [2.45, 2.75) is 64.1 Å². The van der Waals surface area contributed by atoms with Gasteiger partial charge in [-0.3, -0.25) is 0 Å². The Bertz CT molecular complexity index is 424. The summed E-state index contributed by atoms with van der Waals surface area (Å²) >= 11 is 0. The number of aliphatic hydroxyl groups excluding tert-OH is 1. The number of hydrogen-bond acceptors (Lipinski definition) is 5. The van der Waals surface area contributed by atoms with Crippen molar-refractivity contribution in [1.29, 1.82) is 0 Å². The largest absolute Gasteiger partial charge is 0.444 e. The zero-order chi connectivity index (χ0) is 17.8. The van der Waals surface area contributed by atoms with Crippen LogP contribution in [-0.2, 0) is 4.74 Å². The number of aliphatic hydroxyl groups is 2. The molecule has 0 spiro atoms. The summed E-state index contributed by atoms with van der Waals surface area (Å²) in [5.41, 5.74) is -1.22. The summed E-state index contributed by atoms with van der Waals surface area (Å²) in [5.74, 6) is 0.544. The van der Waals surface area contributed by atoms with E-state index in [1.165, 1.54) is 0 Å². The maximum Gasteiger partial charge on any atom is 0.410 e. The van der Waals surface area contributed by atoms with Crippen molar-refractivity contribution < 1.29 is 19.7 Å². The molecule has 0 bridgehead atoms. The number of rotatable bonds is 4. The lowest BCUT2D eigenvalue weighted by Gasteiger charge is -2.32. The molecule has 6 nitrogen and oxygen atoms in total. The van der Waals surface area contributed by atoms with E-state index in [1.54, 1.807) is 4.90 Å². The minimum atomic E-state index is -0.731. The summed E-state index contributed by atoms with van der Waals surface area (Å²) in [6, 6.07) is 0. The van der Waals surface area contributed by atoms with Crippen molar-refractivity contribution in [1.82, 2.24) is 9.80 Å². The molecule has 0 saturated carbocycles. The summed E-state index contributed by atoms with van der Waals surface area (Å²) in [6.07, 6.45) is 3.77. The normalized spacial score (nSPS) is 29.5. The predicted octanol–water partition coefficient (Wildman–Crippen LogP) is 1.84. The van der Waals surface area contributed by atoms with Gasteiger partial charge >= 0.3 is 6.09 Å². The Kier molecular flexibility index (Phi) is 6.51. The summed E-state index contributed by atoms with van der Waals surface area (Å²) in [5, 5.41) is 20.1. The Morgan fingerprint density at radius 2 is 2.00 bits per heavy atom. The van der Waals surface area contributed by atoms with E-state index in [2.05, 4.69) is 4.90 Å². The van der Waals surface area contributed by atoms with Crippen LogP contribution >= 0.6 is 0 Å². The van der Waals surface area contributed by atoms with Crippen LogP contribution in [0.15, 0.2) is 0 Å². The van der Waals surface area contributed by atoms with Crippen LogP contribution in [0.1, 0.15) is 52.9 Å². The molecule has 0 unspecified atom stereocenters. The summed E-state index contributed by atoms with van der Waals surface area (Å²) < 4.78 is 5.45. The van der Waals surface area contributed by atoms with Crippen LogP contribution in [0.25, 0.3) is 0 Å². The van der Waals surface area contributed by atoms with Crippen LogP contribution in [-0.4, -0.2) is 76.6 Å². The van der Waals surface area contributed by atoms with Gasteiger partial charge in [0.2, 0.25) is 0 Å². The molecule has 2 N–H and O–H groups in total. The molecule has 0 aromatic rings. The van der Waals surface area contributed by atoms with Crippen molar-refractivity contribution in [2.75, 3.05) is 39.3 Å². The van der Waals surface area contributed by atoms with Gasteiger partial charge in [0.05, 0.1) is 5.60 Å². The first-order valence-electron chi connectivity index (χ1n) is 9.24. The van der Waals surface area contributed by atoms with Gasteiger partial charge in [0.25, 0.3) is 0 Å². The Balaban J connectivity index is 1.84. The Morgan fingerprint density at radius 1 is 1.25 bits per heavy atom. The highest BCUT2D eigenvalue weighted by Crippen LogP contribution is 2.28. The molecule has 2 saturated heterocycles. The van der Waals surface area contributed by atoms with Crippen molar-refractivity contribution in [3.8, 4) is 0 Å². The minimum Gasteiger partial charge on any atom is -0.444 e. The number of ether oxygens (including phenoxy) is 1. The molecular formula is C18H34N2O4. The molecule has 0 aliphatic carbocycles. The van der Waals surface area contributed by atoms with Gasteiger partial charge in [-0.2, -0.15) is 0 Å². The highest BCUT2D eigenvalue weighted by Gasteiger charge is 2.36. The Morgan fingerprint density at radius 3 is 2.67 bits per heavy atom. The molecular weight excluding hydrogens is 308 g/mol. The van der Waals surface area contributed by atoms with Crippen molar-refractivity contribution in [2.24, 2.45) is 5.92 Å². The summed E-state index contributed by atoms with van der Waals surface area (Å²) in [4.78, 5) is 16.3. The molecule has 2 rings (SSSR count). The van der Waals surface area contributed by atoms with Crippen LogP contribution in [0.3, 0.4) is 0 Å². The first kappa shape index (κ1) is 19.5. The van der Waals surface area contributed by atoms with E-state index >= 15 is 0 Å². The van der Waals surface area contributed by atoms with E-state index in [9.17, 15) is 9.90 Å². The van der Waals surface area contributed by atoms with Gasteiger partial charge in [-0.1, -0.05) is 0 Å². The van der Waals surface area contributed by atoms with Gasteiger partial charge in [-0.25, -0.2) is 4.79 Å². The molecule has 0 aromatic heterocycles. The van der Waals surface area contributed by atoms with Crippen LogP contribution < -0.4 is 0 Å². The molecule has 2 fully saturated rings. The lowest BCUT2D eigenvalue weighted by atomic mass is 9.94. The first-order valence-corrected chi connectivity index (χ1v) is 9.24. The fourth-order valence-electron chi connectivity index (χ4n) is 3.74. The van der Waals surface area contributed by atoms with Gasteiger partial charge in [0.1, 0.15) is 5.60 Å². The number of amides is 1. The third-order valence-electron chi connectivity index (χ3n) is 4.99. The van der Waals surface area contributed by atoms with Crippen LogP contribution in [0.2, 0.25) is 0 Å². The van der Waals surface area contributed by atoms with Crippen molar-refractivity contribution >= 4 is 6.09 Å². The topological polar surface area (TPSA) is 73.2 Å². The average Bonchev–Trinajstić information content (AvgIpc) is 2.77. The molecule has 0 radical (unpaired) electrons. The highest BCUT2D eigenvalue weighted by molar-refractivity contribution is 5.68. The minimum absolute atomic E-state index is 0.244. The lowest BCUT2D eigenvalue weighted by molar-refractivity contribution is -0.00623. The van der Waals surface area contributed by atoms with Crippen LogP contribution in [0.5, 0.6) is 0 Å². The smallest absolute Gasteiger partial charge is 0.410 e. The molecule has 1 amide bonds. The molecule has 2 aliphatic heterocycles. The first-order chi connectivity index (χ1) is 11.2. The molecule has 24 heavy (non-hydrogen) atoms. The average molecular weight is 342 g/mol. The summed E-state index contributed by atoms with van der Waals surface area (Å²) in [7, 11) is 0. The second-order valence-corrected chi connectivity index (χ2v) is 8.45. The van der Waals surface area contributed by atoms with E-state index < -0.39 is 11.2 Å². The van der Waals surface area contributed by atoms with Gasteiger partial charge in [-0.15, -0.1) is 0 Å².